The summed E-state index contributed by atoms with van der Waals surface area (Å²) in [5, 5.41) is 10.7. The van der Waals surface area contributed by atoms with Crippen molar-refractivity contribution in [1.82, 2.24) is 29.7 Å². The van der Waals surface area contributed by atoms with Gasteiger partial charge in [0.05, 0.1) is 17.5 Å². The van der Waals surface area contributed by atoms with Crippen molar-refractivity contribution in [1.29, 1.82) is 0 Å². The van der Waals surface area contributed by atoms with Crippen LogP contribution in [0.1, 0.15) is 11.3 Å². The van der Waals surface area contributed by atoms with Crippen molar-refractivity contribution >= 4 is 56.1 Å². The molecule has 0 spiro atoms. The summed E-state index contributed by atoms with van der Waals surface area (Å²) in [6.45, 7) is 5.76. The van der Waals surface area contributed by atoms with Crippen molar-refractivity contribution in [2.24, 2.45) is 7.05 Å². The van der Waals surface area contributed by atoms with Crippen molar-refractivity contribution in [3.8, 4) is 0 Å². The summed E-state index contributed by atoms with van der Waals surface area (Å²) in [5.41, 5.74) is 3.44. The molecule has 4 aromatic rings. The summed E-state index contributed by atoms with van der Waals surface area (Å²) in [4.78, 5) is 17.5. The van der Waals surface area contributed by atoms with Gasteiger partial charge in [-0.25, -0.2) is 13.4 Å². The SMILES string of the molecule is C=Cc1cnc(Nc2cc(C)n(C)n2)nc1Nc1ccc2nccnc2c1N(C)S(C)(=O)=O. The molecule has 1 aromatic carbocycles. The first-order chi connectivity index (χ1) is 15.7. The van der Waals surface area contributed by atoms with E-state index in [0.29, 0.717) is 45.6 Å². The van der Waals surface area contributed by atoms with Crippen LogP contribution in [0.25, 0.3) is 17.1 Å². The van der Waals surface area contributed by atoms with Crippen LogP contribution in [-0.4, -0.2) is 51.4 Å². The lowest BCUT2D eigenvalue weighted by Crippen LogP contribution is -2.26. The quantitative estimate of drug-likeness (QED) is 0.423. The largest absolute Gasteiger partial charge is 0.338 e. The minimum atomic E-state index is -3.58. The molecule has 0 aliphatic heterocycles. The third-order valence-electron chi connectivity index (χ3n) is 5.07. The highest BCUT2D eigenvalue weighted by Gasteiger charge is 2.21. The van der Waals surface area contributed by atoms with E-state index in [1.54, 1.807) is 35.3 Å². The predicted octanol–water partition coefficient (Wildman–Crippen LogP) is 2.99. The van der Waals surface area contributed by atoms with Crippen LogP contribution in [0.4, 0.5) is 29.0 Å². The van der Waals surface area contributed by atoms with Gasteiger partial charge in [-0.15, -0.1) is 0 Å². The lowest BCUT2D eigenvalue weighted by Gasteiger charge is -2.22. The lowest BCUT2D eigenvalue weighted by molar-refractivity contribution is 0.600. The molecule has 11 nitrogen and oxygen atoms in total. The number of hydrogen-bond donors (Lipinski definition) is 2. The first kappa shape index (κ1) is 22.1. The van der Waals surface area contributed by atoms with E-state index in [0.717, 1.165) is 16.3 Å². The summed E-state index contributed by atoms with van der Waals surface area (Å²) in [5.74, 6) is 1.35. The second-order valence-corrected chi connectivity index (χ2v) is 9.38. The molecular formula is C21H23N9O2S. The molecule has 0 saturated heterocycles. The molecule has 12 heteroatoms. The minimum Gasteiger partial charge on any atom is -0.338 e. The van der Waals surface area contributed by atoms with E-state index in [1.165, 1.54) is 13.2 Å². The van der Waals surface area contributed by atoms with Gasteiger partial charge < -0.3 is 10.6 Å². The first-order valence-corrected chi connectivity index (χ1v) is 11.7. The molecule has 33 heavy (non-hydrogen) atoms. The molecular weight excluding hydrogens is 442 g/mol. The van der Waals surface area contributed by atoms with Gasteiger partial charge in [0.2, 0.25) is 16.0 Å². The third-order valence-corrected chi connectivity index (χ3v) is 6.25. The molecule has 0 fully saturated rings. The summed E-state index contributed by atoms with van der Waals surface area (Å²) in [7, 11) is -0.267. The Morgan fingerprint density at radius 2 is 1.91 bits per heavy atom. The molecule has 170 valence electrons. The average molecular weight is 466 g/mol. The number of rotatable bonds is 7. The molecule has 4 rings (SSSR count). The molecule has 0 radical (unpaired) electrons. The summed E-state index contributed by atoms with van der Waals surface area (Å²) in [6, 6.07) is 5.37. The normalized spacial score (nSPS) is 11.4. The van der Waals surface area contributed by atoms with Crippen LogP contribution in [-0.2, 0) is 17.1 Å². The Morgan fingerprint density at radius 1 is 1.15 bits per heavy atom. The maximum atomic E-state index is 12.4. The number of aromatic nitrogens is 6. The van der Waals surface area contributed by atoms with Gasteiger partial charge in [0.1, 0.15) is 17.0 Å². The lowest BCUT2D eigenvalue weighted by atomic mass is 10.2. The van der Waals surface area contributed by atoms with Crippen molar-refractivity contribution in [2.75, 3.05) is 28.2 Å². The van der Waals surface area contributed by atoms with Gasteiger partial charge in [0.25, 0.3) is 0 Å². The molecule has 0 saturated carbocycles. The monoisotopic (exact) mass is 465 g/mol. The van der Waals surface area contributed by atoms with E-state index in [4.69, 9.17) is 0 Å². The zero-order valence-corrected chi connectivity index (χ0v) is 19.4. The molecule has 3 heterocycles. The highest BCUT2D eigenvalue weighted by atomic mass is 32.2. The Kier molecular flexibility index (Phi) is 5.68. The van der Waals surface area contributed by atoms with Gasteiger partial charge in [-0.1, -0.05) is 12.7 Å². The standard InChI is InChI=1S/C21H23N9O2S/c1-6-14-12-24-21(26-17-11-13(2)29(3)28-17)27-20(14)25-16-8-7-15-18(23-10-9-22-15)19(16)30(4)33(5,31)32/h6-12H,1H2,2-5H3,(H2,24,25,26,27,28). The van der Waals surface area contributed by atoms with Gasteiger partial charge in [-0.2, -0.15) is 10.1 Å². The van der Waals surface area contributed by atoms with E-state index >= 15 is 0 Å². The molecule has 2 N–H and O–H groups in total. The molecule has 0 amide bonds. The van der Waals surface area contributed by atoms with Crippen LogP contribution in [0.3, 0.4) is 0 Å². The van der Waals surface area contributed by atoms with E-state index in [2.05, 4.69) is 42.2 Å². The fourth-order valence-corrected chi connectivity index (χ4v) is 3.69. The third kappa shape index (κ3) is 4.46. The van der Waals surface area contributed by atoms with Crippen molar-refractivity contribution < 1.29 is 8.42 Å². The summed E-state index contributed by atoms with van der Waals surface area (Å²) < 4.78 is 27.7. The topological polar surface area (TPSA) is 131 Å². The molecule has 0 atom stereocenters. The highest BCUT2D eigenvalue weighted by molar-refractivity contribution is 7.92. The fraction of sp³-hybridized carbons (Fsp3) is 0.190. The fourth-order valence-electron chi connectivity index (χ4n) is 3.17. The second-order valence-electron chi connectivity index (χ2n) is 7.36. The van der Waals surface area contributed by atoms with E-state index in [9.17, 15) is 8.42 Å². The van der Waals surface area contributed by atoms with Gasteiger partial charge in [0.15, 0.2) is 5.82 Å². The number of hydrogen-bond acceptors (Lipinski definition) is 9. The van der Waals surface area contributed by atoms with Gasteiger partial charge >= 0.3 is 0 Å². The van der Waals surface area contributed by atoms with Crippen LogP contribution in [0.15, 0.2) is 43.4 Å². The van der Waals surface area contributed by atoms with Crippen molar-refractivity contribution in [3.05, 3.63) is 54.6 Å². The second kappa shape index (κ2) is 8.47. The molecule has 0 unspecified atom stereocenters. The number of aryl methyl sites for hydroxylation is 2. The van der Waals surface area contributed by atoms with Crippen LogP contribution < -0.4 is 14.9 Å². The molecule has 0 aliphatic rings. The van der Waals surface area contributed by atoms with E-state index in [-0.39, 0.29) is 0 Å². The molecule has 0 bridgehead atoms. The van der Waals surface area contributed by atoms with E-state index < -0.39 is 10.0 Å². The number of anilines is 5. The van der Waals surface area contributed by atoms with Crippen molar-refractivity contribution in [3.63, 3.8) is 0 Å². The Balaban J connectivity index is 1.79. The van der Waals surface area contributed by atoms with Crippen LogP contribution in [0, 0.1) is 6.92 Å². The maximum absolute atomic E-state index is 12.4. The maximum Gasteiger partial charge on any atom is 0.232 e. The molecule has 0 aliphatic carbocycles. The average Bonchev–Trinajstić information content (AvgIpc) is 3.09. The first-order valence-electron chi connectivity index (χ1n) is 9.89. The van der Waals surface area contributed by atoms with Gasteiger partial charge in [-0.05, 0) is 19.1 Å². The zero-order valence-electron chi connectivity index (χ0n) is 18.6. The van der Waals surface area contributed by atoms with Crippen molar-refractivity contribution in [2.45, 2.75) is 6.92 Å². The number of sulfonamides is 1. The van der Waals surface area contributed by atoms with Gasteiger partial charge in [-0.3, -0.25) is 19.0 Å². The number of benzene rings is 1. The van der Waals surface area contributed by atoms with Crippen LogP contribution in [0.2, 0.25) is 0 Å². The smallest absolute Gasteiger partial charge is 0.232 e. The number of nitrogens with one attached hydrogen (secondary N) is 2. The summed E-state index contributed by atoms with van der Waals surface area (Å²) >= 11 is 0. The minimum absolute atomic E-state index is 0.319. The Morgan fingerprint density at radius 3 is 2.58 bits per heavy atom. The summed E-state index contributed by atoms with van der Waals surface area (Å²) in [6.07, 6.45) is 7.42. The zero-order chi connectivity index (χ0) is 23.8. The van der Waals surface area contributed by atoms with Crippen LogP contribution >= 0.6 is 0 Å². The Hall–Kier alpha value is -4.06. The highest BCUT2D eigenvalue weighted by Crippen LogP contribution is 2.35. The van der Waals surface area contributed by atoms with Gasteiger partial charge in [0, 0.05) is 50.0 Å². The Labute approximate surface area is 191 Å². The number of nitrogens with zero attached hydrogens (tertiary/aromatic N) is 7. The molecule has 3 aromatic heterocycles. The predicted molar refractivity (Wildman–Crippen MR) is 129 cm³/mol. The Bertz CT molecular complexity index is 1440. The number of fused-ring (bicyclic) bond motifs is 1. The van der Waals surface area contributed by atoms with E-state index in [1.807, 2.05) is 20.0 Å². The van der Waals surface area contributed by atoms with Crippen LogP contribution in [0.5, 0.6) is 0 Å².